The molecule has 0 fully saturated rings. The highest BCUT2D eigenvalue weighted by molar-refractivity contribution is 4.64. The van der Waals surface area contributed by atoms with Gasteiger partial charge in [0.25, 0.3) is 0 Å². The highest BCUT2D eigenvalue weighted by atomic mass is 14.8. The largest absolute Gasteiger partial charge is 0.351 e. The fourth-order valence-electron chi connectivity index (χ4n) is 0.215. The SMILES string of the molecule is C#C.C#C.c1c[nH]cn1. The van der Waals surface area contributed by atoms with E-state index in [1.54, 1.807) is 18.7 Å². The summed E-state index contributed by atoms with van der Waals surface area (Å²) in [6.07, 6.45) is 21.1. The van der Waals surface area contributed by atoms with Crippen LogP contribution in [-0.2, 0) is 0 Å². The summed E-state index contributed by atoms with van der Waals surface area (Å²) in [6.45, 7) is 0. The molecule has 0 saturated carbocycles. The molecule has 0 aromatic carbocycles. The minimum absolute atomic E-state index is 1.62. The Labute approximate surface area is 55.3 Å². The smallest absolute Gasteiger partial charge is 0.0919 e. The number of imidazole rings is 1. The van der Waals surface area contributed by atoms with Crippen molar-refractivity contribution in [3.63, 3.8) is 0 Å². The van der Waals surface area contributed by atoms with Gasteiger partial charge in [-0.3, -0.25) is 0 Å². The lowest BCUT2D eigenvalue weighted by Crippen LogP contribution is -1.44. The standard InChI is InChI=1S/C3H4N2.2C2H2/c1-2-5-3-4-1;2*1-2/h1-3H,(H,4,5);2*1-2H. The zero-order valence-corrected chi connectivity index (χ0v) is 4.99. The highest BCUT2D eigenvalue weighted by Gasteiger charge is 1.56. The van der Waals surface area contributed by atoms with Gasteiger partial charge in [0.1, 0.15) is 0 Å². The van der Waals surface area contributed by atoms with Gasteiger partial charge in [-0.2, -0.15) is 0 Å². The van der Waals surface area contributed by atoms with Crippen molar-refractivity contribution in [2.24, 2.45) is 0 Å². The predicted octanol–water partition coefficient (Wildman–Crippen LogP) is 0.908. The lowest BCUT2D eigenvalue weighted by Gasteiger charge is -1.46. The van der Waals surface area contributed by atoms with E-state index < -0.39 is 0 Å². The molecule has 9 heavy (non-hydrogen) atoms. The maximum Gasteiger partial charge on any atom is 0.0919 e. The Morgan fingerprint density at radius 2 is 1.67 bits per heavy atom. The number of hydrogen-bond acceptors (Lipinski definition) is 1. The van der Waals surface area contributed by atoms with Crippen molar-refractivity contribution in [2.45, 2.75) is 0 Å². The molecule has 1 heterocycles. The zero-order valence-electron chi connectivity index (χ0n) is 4.99. The molecule has 1 aromatic rings. The van der Waals surface area contributed by atoms with Gasteiger partial charge in [0.15, 0.2) is 0 Å². The van der Waals surface area contributed by atoms with Crippen molar-refractivity contribution >= 4 is 0 Å². The van der Waals surface area contributed by atoms with Crippen molar-refractivity contribution in [1.29, 1.82) is 0 Å². The Hall–Kier alpha value is -1.67. The molecule has 0 radical (unpaired) electrons. The van der Waals surface area contributed by atoms with Crippen LogP contribution >= 0.6 is 0 Å². The lowest BCUT2D eigenvalue weighted by molar-refractivity contribution is 1.31. The summed E-state index contributed by atoms with van der Waals surface area (Å²) in [4.78, 5) is 6.42. The Morgan fingerprint density at radius 3 is 1.78 bits per heavy atom. The van der Waals surface area contributed by atoms with Crippen molar-refractivity contribution in [2.75, 3.05) is 0 Å². The van der Waals surface area contributed by atoms with E-state index in [0.717, 1.165) is 0 Å². The molecule has 0 saturated heterocycles. The molecular formula is C7H8N2. The van der Waals surface area contributed by atoms with Gasteiger partial charge >= 0.3 is 0 Å². The molecule has 0 bridgehead atoms. The van der Waals surface area contributed by atoms with Crippen molar-refractivity contribution < 1.29 is 0 Å². The van der Waals surface area contributed by atoms with E-state index in [1.807, 2.05) is 0 Å². The number of hydrogen-bond donors (Lipinski definition) is 1. The number of nitrogens with one attached hydrogen (secondary N) is 1. The Kier molecular flexibility index (Phi) is 18.6. The molecular weight excluding hydrogens is 112 g/mol. The minimum atomic E-state index is 1.62. The molecule has 46 valence electrons. The van der Waals surface area contributed by atoms with Gasteiger partial charge < -0.3 is 4.98 Å². The van der Waals surface area contributed by atoms with Gasteiger partial charge in [-0.25, -0.2) is 4.98 Å². The monoisotopic (exact) mass is 120 g/mol. The summed E-state index contributed by atoms with van der Waals surface area (Å²) in [5.74, 6) is 0. The van der Waals surface area contributed by atoms with E-state index in [9.17, 15) is 0 Å². The van der Waals surface area contributed by atoms with Gasteiger partial charge in [-0.15, -0.1) is 25.7 Å². The van der Waals surface area contributed by atoms with Crippen LogP contribution in [0.4, 0.5) is 0 Å². The fraction of sp³-hybridized carbons (Fsp3) is 0. The first-order chi connectivity index (χ1) is 4.50. The molecule has 1 N–H and O–H groups in total. The third kappa shape index (κ3) is 10.7. The Balaban J connectivity index is 0. The van der Waals surface area contributed by atoms with Crippen LogP contribution in [0.15, 0.2) is 18.7 Å². The van der Waals surface area contributed by atoms with E-state index >= 15 is 0 Å². The number of H-pyrrole nitrogens is 1. The Morgan fingerprint density at radius 1 is 1.11 bits per heavy atom. The lowest BCUT2D eigenvalue weighted by atomic mass is 11.0. The molecule has 1 aromatic heterocycles. The van der Waals surface area contributed by atoms with Crippen LogP contribution < -0.4 is 0 Å². The normalized spacial score (nSPS) is 4.89. The third-order valence-corrected chi connectivity index (χ3v) is 0.406. The maximum atomic E-state index is 4.00. The zero-order chi connectivity index (χ0) is 7.54. The predicted molar refractivity (Wildman–Crippen MR) is 38.4 cm³/mol. The summed E-state index contributed by atoms with van der Waals surface area (Å²) in [7, 11) is 0. The second kappa shape index (κ2) is 16.2. The van der Waals surface area contributed by atoms with Crippen LogP contribution in [0.2, 0.25) is 0 Å². The molecule has 1 rings (SSSR count). The molecule has 0 spiro atoms. The summed E-state index contributed by atoms with van der Waals surface area (Å²) < 4.78 is 0. The van der Waals surface area contributed by atoms with Crippen molar-refractivity contribution in [1.82, 2.24) is 9.97 Å². The average Bonchev–Trinajstić information content (AvgIpc) is 2.51. The topological polar surface area (TPSA) is 28.7 Å². The van der Waals surface area contributed by atoms with Crippen LogP contribution in [0.1, 0.15) is 0 Å². The van der Waals surface area contributed by atoms with Crippen LogP contribution in [0, 0.1) is 25.7 Å². The number of aromatic amines is 1. The molecule has 2 heteroatoms. The molecule has 0 aliphatic carbocycles. The third-order valence-electron chi connectivity index (χ3n) is 0.406. The molecule has 0 atom stereocenters. The summed E-state index contributed by atoms with van der Waals surface area (Å²) in [6, 6.07) is 0. The van der Waals surface area contributed by atoms with Crippen LogP contribution in [0.5, 0.6) is 0 Å². The number of terminal acetylenes is 2. The quantitative estimate of drug-likeness (QED) is 0.506. The van der Waals surface area contributed by atoms with Gasteiger partial charge in [0.05, 0.1) is 6.33 Å². The van der Waals surface area contributed by atoms with Gasteiger partial charge in [-0.1, -0.05) is 0 Å². The molecule has 0 unspecified atom stereocenters. The van der Waals surface area contributed by atoms with Crippen LogP contribution in [0.3, 0.4) is 0 Å². The maximum absolute atomic E-state index is 4.00. The molecule has 2 nitrogen and oxygen atoms in total. The van der Waals surface area contributed by atoms with Crippen molar-refractivity contribution in [3.05, 3.63) is 18.7 Å². The highest BCUT2D eigenvalue weighted by Crippen LogP contribution is 1.62. The fourth-order valence-corrected chi connectivity index (χ4v) is 0.215. The van der Waals surface area contributed by atoms with E-state index in [-0.39, 0.29) is 0 Å². The average molecular weight is 120 g/mol. The summed E-state index contributed by atoms with van der Waals surface area (Å²) in [5, 5.41) is 0. The number of nitrogens with zero attached hydrogens (tertiary/aromatic N) is 1. The van der Waals surface area contributed by atoms with Gasteiger partial charge in [-0.05, 0) is 0 Å². The number of rotatable bonds is 0. The van der Waals surface area contributed by atoms with E-state index in [1.165, 1.54) is 0 Å². The van der Waals surface area contributed by atoms with Crippen LogP contribution in [0.25, 0.3) is 0 Å². The second-order valence-corrected chi connectivity index (χ2v) is 0.761. The van der Waals surface area contributed by atoms with Crippen LogP contribution in [-0.4, -0.2) is 9.97 Å². The first-order valence-electron chi connectivity index (χ1n) is 2.09. The number of aromatic nitrogens is 2. The van der Waals surface area contributed by atoms with Crippen molar-refractivity contribution in [3.8, 4) is 25.7 Å². The Bertz CT molecular complexity index is 113. The second-order valence-electron chi connectivity index (χ2n) is 0.761. The first kappa shape index (κ1) is 10.3. The molecule has 0 aliphatic rings. The molecule has 0 aliphatic heterocycles. The van der Waals surface area contributed by atoms with Gasteiger partial charge in [0, 0.05) is 12.4 Å². The van der Waals surface area contributed by atoms with Gasteiger partial charge in [0.2, 0.25) is 0 Å². The summed E-state index contributed by atoms with van der Waals surface area (Å²) >= 11 is 0. The van der Waals surface area contributed by atoms with E-state index in [0.29, 0.717) is 0 Å². The van der Waals surface area contributed by atoms with E-state index in [2.05, 4.69) is 35.7 Å². The van der Waals surface area contributed by atoms with E-state index in [4.69, 9.17) is 0 Å². The molecule has 0 amide bonds. The first-order valence-corrected chi connectivity index (χ1v) is 2.09. The minimum Gasteiger partial charge on any atom is -0.351 e. The summed E-state index contributed by atoms with van der Waals surface area (Å²) in [5.41, 5.74) is 0.